The molecule has 0 saturated carbocycles. The summed E-state index contributed by atoms with van der Waals surface area (Å²) >= 11 is 3.28. The fraction of sp³-hybridized carbons (Fsp3) is 0.320. The second-order valence-corrected chi connectivity index (χ2v) is 10.3. The van der Waals surface area contributed by atoms with Crippen molar-refractivity contribution in [2.75, 3.05) is 0 Å². The fourth-order valence-electron chi connectivity index (χ4n) is 4.61. The summed E-state index contributed by atoms with van der Waals surface area (Å²) in [6.45, 7) is 8.02. The predicted molar refractivity (Wildman–Crippen MR) is 136 cm³/mol. The quantitative estimate of drug-likeness (QED) is 0.203. The number of nitro groups is 1. The largest absolute Gasteiger partial charge is 0.478 e. The lowest BCUT2D eigenvalue weighted by atomic mass is 9.98. The van der Waals surface area contributed by atoms with E-state index in [-0.39, 0.29) is 11.8 Å². The third-order valence-corrected chi connectivity index (χ3v) is 6.79. The number of ether oxygens (including phenoxy) is 2. The molecule has 37 heavy (non-hydrogen) atoms. The Morgan fingerprint density at radius 1 is 1.30 bits per heavy atom. The van der Waals surface area contributed by atoms with E-state index in [1.165, 1.54) is 24.4 Å². The SMILES string of the molecule is Cc1cc(-c2cc(F)ccc2C(C)Oc2cc(Br)cnc2[N+](=O)[O-])n(CC2n3nccc3OC2(C)C)n1. The van der Waals surface area contributed by atoms with Gasteiger partial charge in [0.05, 0.1) is 28.6 Å². The van der Waals surface area contributed by atoms with Crippen LogP contribution in [-0.4, -0.2) is 35.1 Å². The molecule has 12 heteroatoms. The van der Waals surface area contributed by atoms with Crippen LogP contribution in [0.4, 0.5) is 10.2 Å². The second-order valence-electron chi connectivity index (χ2n) is 9.41. The van der Waals surface area contributed by atoms with Crippen molar-refractivity contribution >= 4 is 21.7 Å². The fourth-order valence-corrected chi connectivity index (χ4v) is 4.92. The second kappa shape index (κ2) is 9.25. The van der Waals surface area contributed by atoms with Crippen molar-refractivity contribution in [1.82, 2.24) is 24.5 Å². The number of benzene rings is 1. The number of nitrogens with zero attached hydrogens (tertiary/aromatic N) is 6. The van der Waals surface area contributed by atoms with Gasteiger partial charge in [-0.25, -0.2) is 9.07 Å². The standard InChI is InChI=1S/C25H24BrFN6O4/c1-14-9-20(31(30-14)13-22-25(3,4)37-23-7-8-29-32(22)23)19-11-17(27)5-6-18(19)15(2)36-21-10-16(26)12-28-24(21)33(34)35/h5-12,15,22H,13H2,1-4H3. The van der Waals surface area contributed by atoms with Crippen LogP contribution < -0.4 is 9.47 Å². The van der Waals surface area contributed by atoms with Gasteiger partial charge in [0, 0.05) is 23.3 Å². The van der Waals surface area contributed by atoms with Crippen LogP contribution in [0.1, 0.15) is 44.2 Å². The van der Waals surface area contributed by atoms with Crippen LogP contribution in [0.2, 0.25) is 0 Å². The minimum atomic E-state index is -0.668. The first-order valence-corrected chi connectivity index (χ1v) is 12.4. The molecule has 2 atom stereocenters. The van der Waals surface area contributed by atoms with Crippen LogP contribution in [0.15, 0.2) is 53.3 Å². The molecule has 4 aromatic rings. The highest BCUT2D eigenvalue weighted by atomic mass is 79.9. The molecule has 2 unspecified atom stereocenters. The maximum absolute atomic E-state index is 14.6. The molecule has 1 aromatic carbocycles. The average molecular weight is 571 g/mol. The van der Waals surface area contributed by atoms with E-state index in [0.29, 0.717) is 33.7 Å². The zero-order valence-electron chi connectivity index (χ0n) is 20.6. The lowest BCUT2D eigenvalue weighted by molar-refractivity contribution is -0.390. The van der Waals surface area contributed by atoms with E-state index in [2.05, 4.69) is 31.1 Å². The zero-order chi connectivity index (χ0) is 26.5. The molecule has 1 aliphatic rings. The van der Waals surface area contributed by atoms with Gasteiger partial charge in [-0.05, 0) is 71.7 Å². The minimum absolute atomic E-state index is 0.00269. The third kappa shape index (κ3) is 4.68. The van der Waals surface area contributed by atoms with Gasteiger partial charge in [0.2, 0.25) is 11.6 Å². The number of hydrogen-bond donors (Lipinski definition) is 0. The maximum atomic E-state index is 14.6. The summed E-state index contributed by atoms with van der Waals surface area (Å²) in [5.41, 5.74) is 2.10. The highest BCUT2D eigenvalue weighted by molar-refractivity contribution is 9.10. The molecule has 0 fully saturated rings. The van der Waals surface area contributed by atoms with E-state index >= 15 is 0 Å². The molecule has 0 saturated heterocycles. The Balaban J connectivity index is 1.53. The summed E-state index contributed by atoms with van der Waals surface area (Å²) in [7, 11) is 0. The molecule has 3 aromatic heterocycles. The molecule has 10 nitrogen and oxygen atoms in total. The first kappa shape index (κ1) is 24.9. The molecule has 192 valence electrons. The van der Waals surface area contributed by atoms with Crippen LogP contribution in [0.5, 0.6) is 11.6 Å². The van der Waals surface area contributed by atoms with Crippen molar-refractivity contribution in [3.8, 4) is 22.9 Å². The smallest absolute Gasteiger partial charge is 0.406 e. The maximum Gasteiger partial charge on any atom is 0.406 e. The van der Waals surface area contributed by atoms with E-state index in [1.54, 1.807) is 19.2 Å². The number of pyridine rings is 1. The monoisotopic (exact) mass is 570 g/mol. The van der Waals surface area contributed by atoms with E-state index in [1.807, 2.05) is 42.3 Å². The van der Waals surface area contributed by atoms with Crippen molar-refractivity contribution < 1.29 is 18.8 Å². The Labute approximate surface area is 220 Å². The third-order valence-electron chi connectivity index (χ3n) is 6.35. The predicted octanol–water partition coefficient (Wildman–Crippen LogP) is 5.81. The van der Waals surface area contributed by atoms with E-state index in [9.17, 15) is 14.5 Å². The Morgan fingerprint density at radius 3 is 2.84 bits per heavy atom. The minimum Gasteiger partial charge on any atom is -0.478 e. The Morgan fingerprint density at radius 2 is 2.08 bits per heavy atom. The topological polar surface area (TPSA) is 110 Å². The molecule has 4 heterocycles. The number of hydrogen-bond acceptors (Lipinski definition) is 7. The normalized spacial score (nSPS) is 16.8. The van der Waals surface area contributed by atoms with Crippen LogP contribution in [0.3, 0.4) is 0 Å². The van der Waals surface area contributed by atoms with Gasteiger partial charge in [-0.15, -0.1) is 0 Å². The summed E-state index contributed by atoms with van der Waals surface area (Å²) in [6.07, 6.45) is 2.35. The van der Waals surface area contributed by atoms with Crippen molar-refractivity contribution in [3.63, 3.8) is 0 Å². The molecule has 0 aliphatic carbocycles. The number of rotatable bonds is 7. The van der Waals surface area contributed by atoms with Gasteiger partial charge in [-0.1, -0.05) is 6.07 Å². The van der Waals surface area contributed by atoms with Crippen molar-refractivity contribution in [1.29, 1.82) is 0 Å². The first-order chi connectivity index (χ1) is 17.5. The molecular formula is C25H24BrFN6O4. The molecule has 0 N–H and O–H groups in total. The van der Waals surface area contributed by atoms with Crippen LogP contribution >= 0.6 is 15.9 Å². The Kier molecular flexibility index (Phi) is 6.22. The van der Waals surface area contributed by atoms with Crippen LogP contribution in [0.25, 0.3) is 11.3 Å². The molecule has 0 amide bonds. The highest BCUT2D eigenvalue weighted by Gasteiger charge is 2.42. The van der Waals surface area contributed by atoms with Gasteiger partial charge < -0.3 is 19.6 Å². The van der Waals surface area contributed by atoms with Gasteiger partial charge in [0.15, 0.2) is 6.20 Å². The summed E-state index contributed by atoms with van der Waals surface area (Å²) in [5, 5.41) is 20.6. The van der Waals surface area contributed by atoms with Gasteiger partial charge in [-0.3, -0.25) is 4.68 Å². The van der Waals surface area contributed by atoms with Gasteiger partial charge >= 0.3 is 5.82 Å². The zero-order valence-corrected chi connectivity index (χ0v) is 22.1. The molecule has 5 rings (SSSR count). The van der Waals surface area contributed by atoms with Gasteiger partial charge in [-0.2, -0.15) is 10.2 Å². The highest BCUT2D eigenvalue weighted by Crippen LogP contribution is 2.40. The number of aromatic nitrogens is 5. The lowest BCUT2D eigenvalue weighted by Crippen LogP contribution is -2.35. The van der Waals surface area contributed by atoms with Gasteiger partial charge in [0.1, 0.15) is 23.6 Å². The molecule has 0 radical (unpaired) electrons. The van der Waals surface area contributed by atoms with E-state index in [0.717, 1.165) is 5.69 Å². The first-order valence-electron chi connectivity index (χ1n) is 11.6. The summed E-state index contributed by atoms with van der Waals surface area (Å²) in [4.78, 5) is 14.7. The van der Waals surface area contributed by atoms with Crippen molar-refractivity contribution in [3.05, 3.63) is 80.5 Å². The number of halogens is 2. The average Bonchev–Trinajstić information content (AvgIpc) is 3.47. The molecule has 0 bridgehead atoms. The van der Waals surface area contributed by atoms with Crippen molar-refractivity contribution in [2.24, 2.45) is 0 Å². The summed E-state index contributed by atoms with van der Waals surface area (Å²) < 4.78 is 30.8. The van der Waals surface area contributed by atoms with Crippen LogP contribution in [0, 0.1) is 22.9 Å². The Hall–Kier alpha value is -3.80. The molecular weight excluding hydrogens is 547 g/mol. The van der Waals surface area contributed by atoms with Gasteiger partial charge in [0.25, 0.3) is 0 Å². The van der Waals surface area contributed by atoms with Crippen LogP contribution in [-0.2, 0) is 6.54 Å². The Bertz CT molecular complexity index is 1500. The van der Waals surface area contributed by atoms with E-state index < -0.39 is 28.3 Å². The molecule has 0 spiro atoms. The summed E-state index contributed by atoms with van der Waals surface area (Å²) in [5.74, 6) is -0.149. The van der Waals surface area contributed by atoms with Crippen molar-refractivity contribution in [2.45, 2.75) is 52.0 Å². The lowest BCUT2D eigenvalue weighted by Gasteiger charge is -2.26. The summed E-state index contributed by atoms with van der Waals surface area (Å²) in [6, 6.07) is 9.40. The molecule has 1 aliphatic heterocycles. The van der Waals surface area contributed by atoms with E-state index in [4.69, 9.17) is 9.47 Å². The number of aryl methyl sites for hydroxylation is 1. The number of fused-ring (bicyclic) bond motifs is 1.